The van der Waals surface area contributed by atoms with Crippen LogP contribution in [0.15, 0.2) is 0 Å². The first kappa shape index (κ1) is 21.0. The van der Waals surface area contributed by atoms with Gasteiger partial charge in [0.25, 0.3) is 0 Å². The van der Waals surface area contributed by atoms with Crippen molar-refractivity contribution >= 4 is 30.7 Å². The van der Waals surface area contributed by atoms with Gasteiger partial charge in [0.15, 0.2) is 0 Å². The van der Waals surface area contributed by atoms with Gasteiger partial charge in [-0.2, -0.15) is 0 Å². The highest BCUT2D eigenvalue weighted by Crippen LogP contribution is 2.17. The monoisotopic (exact) mass is 339 g/mol. The highest BCUT2D eigenvalue weighted by Gasteiger charge is 2.22. The van der Waals surface area contributed by atoms with E-state index in [0.717, 1.165) is 25.4 Å². The van der Waals surface area contributed by atoms with Gasteiger partial charge in [0.05, 0.1) is 0 Å². The maximum absolute atomic E-state index is 11.9. The predicted octanol–water partition coefficient (Wildman–Crippen LogP) is 2.21. The summed E-state index contributed by atoms with van der Waals surface area (Å²) in [6.45, 7) is 8.78. The van der Waals surface area contributed by atoms with Gasteiger partial charge in [0.1, 0.15) is 0 Å². The minimum absolute atomic E-state index is 0. The van der Waals surface area contributed by atoms with Crippen LogP contribution < -0.4 is 10.6 Å². The molecule has 0 aromatic rings. The molecule has 0 radical (unpaired) electrons. The van der Waals surface area contributed by atoms with Gasteiger partial charge < -0.3 is 10.6 Å². The van der Waals surface area contributed by atoms with Crippen molar-refractivity contribution in [2.45, 2.75) is 58.0 Å². The fourth-order valence-corrected chi connectivity index (χ4v) is 3.24. The molecule has 1 amide bonds. The molecule has 126 valence electrons. The Labute approximate surface area is 141 Å². The first-order valence-electron chi connectivity index (χ1n) is 7.89. The van der Waals surface area contributed by atoms with Gasteiger partial charge in [-0.1, -0.05) is 6.92 Å². The molecule has 0 aromatic carbocycles. The Morgan fingerprint density at radius 3 is 2.71 bits per heavy atom. The van der Waals surface area contributed by atoms with Crippen LogP contribution in [-0.4, -0.2) is 49.1 Å². The van der Waals surface area contributed by atoms with Crippen molar-refractivity contribution in [3.8, 4) is 0 Å². The summed E-state index contributed by atoms with van der Waals surface area (Å²) in [5.41, 5.74) is 0. The Hall–Kier alpha value is -0.0300. The Bertz CT molecular complexity index is 299. The number of halogens is 2. The summed E-state index contributed by atoms with van der Waals surface area (Å²) in [6.07, 6.45) is 5.64. The fourth-order valence-electron chi connectivity index (χ4n) is 3.24. The lowest BCUT2D eigenvalue weighted by molar-refractivity contribution is -0.121. The zero-order valence-corrected chi connectivity index (χ0v) is 14.9. The molecule has 4 nitrogen and oxygen atoms in total. The molecule has 2 saturated heterocycles. The van der Waals surface area contributed by atoms with Crippen molar-refractivity contribution in [1.29, 1.82) is 0 Å². The summed E-state index contributed by atoms with van der Waals surface area (Å²) in [6, 6.07) is 0.869. The van der Waals surface area contributed by atoms with Gasteiger partial charge in [-0.3, -0.25) is 9.69 Å². The molecular weight excluding hydrogens is 309 g/mol. The fraction of sp³-hybridized carbons (Fsp3) is 0.933. The molecule has 0 bridgehead atoms. The molecule has 2 heterocycles. The molecule has 2 rings (SSSR count). The van der Waals surface area contributed by atoms with Gasteiger partial charge in [0, 0.05) is 31.6 Å². The molecular formula is C15H31Cl2N3O. The minimum atomic E-state index is 0. The summed E-state index contributed by atoms with van der Waals surface area (Å²) in [4.78, 5) is 14.4. The van der Waals surface area contributed by atoms with E-state index in [0.29, 0.717) is 18.5 Å². The van der Waals surface area contributed by atoms with Gasteiger partial charge in [-0.05, 0) is 51.6 Å². The summed E-state index contributed by atoms with van der Waals surface area (Å²) in [7, 11) is 0. The second kappa shape index (κ2) is 10.7. The summed E-state index contributed by atoms with van der Waals surface area (Å²) in [5, 5.41) is 6.47. The van der Waals surface area contributed by atoms with E-state index in [1.54, 1.807) is 0 Å². The van der Waals surface area contributed by atoms with Crippen molar-refractivity contribution in [2.24, 2.45) is 5.92 Å². The van der Waals surface area contributed by atoms with Crippen LogP contribution in [0.3, 0.4) is 0 Å². The number of nitrogens with one attached hydrogen (secondary N) is 2. The number of likely N-dealkylation sites (tertiary alicyclic amines) is 1. The molecule has 0 aromatic heterocycles. The van der Waals surface area contributed by atoms with E-state index >= 15 is 0 Å². The number of rotatable bonds is 5. The lowest BCUT2D eigenvalue weighted by Crippen LogP contribution is -2.46. The third-order valence-corrected chi connectivity index (χ3v) is 4.50. The van der Waals surface area contributed by atoms with Crippen molar-refractivity contribution in [1.82, 2.24) is 15.5 Å². The van der Waals surface area contributed by atoms with Crippen LogP contribution in [0, 0.1) is 5.92 Å². The molecule has 2 aliphatic heterocycles. The van der Waals surface area contributed by atoms with Crippen LogP contribution in [0.1, 0.15) is 46.0 Å². The normalized spacial score (nSPS) is 27.3. The number of carbonyl (C=O) groups excluding carboxylic acids is 1. The average molecular weight is 340 g/mol. The van der Waals surface area contributed by atoms with Crippen LogP contribution in [0.5, 0.6) is 0 Å². The number of carbonyl (C=O) groups is 1. The molecule has 0 spiro atoms. The first-order chi connectivity index (χ1) is 9.15. The molecule has 2 fully saturated rings. The van der Waals surface area contributed by atoms with E-state index < -0.39 is 0 Å². The largest absolute Gasteiger partial charge is 0.354 e. The van der Waals surface area contributed by atoms with Crippen molar-refractivity contribution in [3.63, 3.8) is 0 Å². The summed E-state index contributed by atoms with van der Waals surface area (Å²) < 4.78 is 0. The number of hydrogen-bond acceptors (Lipinski definition) is 3. The Morgan fingerprint density at radius 1 is 1.33 bits per heavy atom. The Morgan fingerprint density at radius 2 is 2.10 bits per heavy atom. The summed E-state index contributed by atoms with van der Waals surface area (Å²) in [5.74, 6) is 1.01. The minimum Gasteiger partial charge on any atom is -0.354 e. The third-order valence-electron chi connectivity index (χ3n) is 4.50. The van der Waals surface area contributed by atoms with Gasteiger partial charge in [-0.25, -0.2) is 0 Å². The lowest BCUT2D eigenvalue weighted by Gasteiger charge is -2.35. The van der Waals surface area contributed by atoms with Gasteiger partial charge in [-0.15, -0.1) is 24.8 Å². The third kappa shape index (κ3) is 7.18. The Balaban J connectivity index is 0.00000200. The van der Waals surface area contributed by atoms with E-state index in [4.69, 9.17) is 0 Å². The van der Waals surface area contributed by atoms with E-state index in [1.165, 1.54) is 32.4 Å². The van der Waals surface area contributed by atoms with E-state index in [9.17, 15) is 4.79 Å². The number of hydrogen-bond donors (Lipinski definition) is 2. The van der Waals surface area contributed by atoms with Crippen LogP contribution in [0.2, 0.25) is 0 Å². The van der Waals surface area contributed by atoms with Crippen LogP contribution in [0.4, 0.5) is 0 Å². The summed E-state index contributed by atoms with van der Waals surface area (Å²) >= 11 is 0. The Kier molecular flexibility index (Phi) is 10.6. The van der Waals surface area contributed by atoms with Crippen LogP contribution >= 0.6 is 24.8 Å². The maximum atomic E-state index is 11.9. The second-order valence-electron chi connectivity index (χ2n) is 6.39. The van der Waals surface area contributed by atoms with E-state index in [1.807, 2.05) is 0 Å². The van der Waals surface area contributed by atoms with E-state index in [-0.39, 0.29) is 30.7 Å². The number of piperidine rings is 1. The van der Waals surface area contributed by atoms with Crippen molar-refractivity contribution in [3.05, 3.63) is 0 Å². The quantitative estimate of drug-likeness (QED) is 0.807. The van der Waals surface area contributed by atoms with Crippen molar-refractivity contribution in [2.75, 3.05) is 26.2 Å². The molecule has 2 aliphatic rings. The first-order valence-corrected chi connectivity index (χ1v) is 7.89. The molecule has 0 saturated carbocycles. The predicted molar refractivity (Wildman–Crippen MR) is 92.6 cm³/mol. The zero-order valence-electron chi connectivity index (χ0n) is 13.3. The molecule has 3 atom stereocenters. The topological polar surface area (TPSA) is 44.4 Å². The van der Waals surface area contributed by atoms with Gasteiger partial charge in [0.2, 0.25) is 5.91 Å². The zero-order chi connectivity index (χ0) is 13.7. The number of amides is 1. The van der Waals surface area contributed by atoms with E-state index in [2.05, 4.69) is 29.4 Å². The van der Waals surface area contributed by atoms with Crippen LogP contribution in [-0.2, 0) is 4.79 Å². The molecule has 2 N–H and O–H groups in total. The highest BCUT2D eigenvalue weighted by molar-refractivity contribution is 5.85. The smallest absolute Gasteiger partial charge is 0.221 e. The maximum Gasteiger partial charge on any atom is 0.221 e. The van der Waals surface area contributed by atoms with Gasteiger partial charge >= 0.3 is 0 Å². The lowest BCUT2D eigenvalue weighted by atomic mass is 9.99. The highest BCUT2D eigenvalue weighted by atomic mass is 35.5. The molecule has 21 heavy (non-hydrogen) atoms. The number of nitrogens with zero attached hydrogens (tertiary/aromatic N) is 1. The van der Waals surface area contributed by atoms with Crippen molar-refractivity contribution < 1.29 is 4.79 Å². The van der Waals surface area contributed by atoms with Crippen LogP contribution in [0.25, 0.3) is 0 Å². The second-order valence-corrected chi connectivity index (χ2v) is 6.39. The molecule has 3 unspecified atom stereocenters. The standard InChI is InChI=1S/C15H29N3O.2ClH/c1-12-5-4-8-18(11-12)13(2)10-17-15(19)9-14-6-3-7-16-14;;/h12-14,16H,3-11H2,1-2H3,(H,17,19);2*1H. The SMILES string of the molecule is CC1CCCN(C(C)CNC(=O)CC2CCCN2)C1.Cl.Cl. The average Bonchev–Trinajstić information content (AvgIpc) is 2.88. The molecule has 0 aliphatic carbocycles. The molecule has 6 heteroatoms.